The summed E-state index contributed by atoms with van der Waals surface area (Å²) in [6, 6.07) is 4.56. The van der Waals surface area contributed by atoms with Gasteiger partial charge in [-0.25, -0.2) is 4.39 Å². The second kappa shape index (κ2) is 4.94. The highest BCUT2D eigenvalue weighted by Gasteiger charge is 2.39. The maximum atomic E-state index is 13.3. The highest BCUT2D eigenvalue weighted by atomic mass is 79.9. The molecule has 1 fully saturated rings. The van der Waals surface area contributed by atoms with Crippen LogP contribution in [0.3, 0.4) is 0 Å². The van der Waals surface area contributed by atoms with Crippen LogP contribution in [0.4, 0.5) is 4.39 Å². The van der Waals surface area contributed by atoms with Gasteiger partial charge in [-0.1, -0.05) is 15.9 Å². The summed E-state index contributed by atoms with van der Waals surface area (Å²) in [5.74, 6) is 0.428. The molecule has 4 heteroatoms. The van der Waals surface area contributed by atoms with Gasteiger partial charge in [0, 0.05) is 12.2 Å². The van der Waals surface area contributed by atoms with Gasteiger partial charge in [0.2, 0.25) is 0 Å². The average molecular weight is 303 g/mol. The number of rotatable bonds is 3. The molecule has 0 aliphatic carbocycles. The lowest BCUT2D eigenvalue weighted by Crippen LogP contribution is -2.28. The maximum Gasteiger partial charge on any atom is 0.123 e. The van der Waals surface area contributed by atoms with Crippen molar-refractivity contribution in [3.05, 3.63) is 29.6 Å². The van der Waals surface area contributed by atoms with Gasteiger partial charge < -0.3 is 9.47 Å². The molecule has 1 aliphatic rings. The molecule has 1 aromatic carbocycles. The van der Waals surface area contributed by atoms with Crippen LogP contribution in [0.15, 0.2) is 18.2 Å². The van der Waals surface area contributed by atoms with Crippen LogP contribution < -0.4 is 4.74 Å². The lowest BCUT2D eigenvalue weighted by Gasteiger charge is -2.30. The molecule has 1 heterocycles. The van der Waals surface area contributed by atoms with E-state index in [1.807, 2.05) is 6.92 Å². The molecular formula is C13H16BrFO2. The van der Waals surface area contributed by atoms with E-state index in [0.717, 1.165) is 25.0 Å². The molecule has 1 saturated heterocycles. The minimum Gasteiger partial charge on any atom is -0.496 e. The van der Waals surface area contributed by atoms with E-state index in [1.165, 1.54) is 12.1 Å². The van der Waals surface area contributed by atoms with E-state index < -0.39 is 0 Å². The summed E-state index contributed by atoms with van der Waals surface area (Å²) in [4.78, 5) is -0.0665. The van der Waals surface area contributed by atoms with Gasteiger partial charge in [-0.05, 0) is 38.0 Å². The fraction of sp³-hybridized carbons (Fsp3) is 0.538. The summed E-state index contributed by atoms with van der Waals surface area (Å²) < 4.78 is 24.4. The molecule has 0 radical (unpaired) electrons. The van der Waals surface area contributed by atoms with Crippen LogP contribution in [0, 0.1) is 5.82 Å². The molecular weight excluding hydrogens is 287 g/mol. The van der Waals surface area contributed by atoms with Crippen LogP contribution in [0.2, 0.25) is 0 Å². The summed E-state index contributed by atoms with van der Waals surface area (Å²) >= 11 is 3.62. The molecule has 0 amide bonds. The zero-order chi connectivity index (χ0) is 12.5. The topological polar surface area (TPSA) is 18.5 Å². The molecule has 2 atom stereocenters. The Morgan fingerprint density at radius 3 is 2.88 bits per heavy atom. The van der Waals surface area contributed by atoms with E-state index in [1.54, 1.807) is 13.2 Å². The highest BCUT2D eigenvalue weighted by molar-refractivity contribution is 9.09. The van der Waals surface area contributed by atoms with E-state index in [9.17, 15) is 4.39 Å². The lowest BCUT2D eigenvalue weighted by molar-refractivity contribution is 0.0193. The van der Waals surface area contributed by atoms with Gasteiger partial charge in [0.05, 0.1) is 17.5 Å². The van der Waals surface area contributed by atoms with Gasteiger partial charge in [-0.15, -0.1) is 0 Å². The van der Waals surface area contributed by atoms with Crippen LogP contribution in [0.25, 0.3) is 0 Å². The van der Waals surface area contributed by atoms with E-state index in [0.29, 0.717) is 5.75 Å². The first kappa shape index (κ1) is 12.8. The number of ether oxygens (including phenoxy) is 2. The van der Waals surface area contributed by atoms with E-state index in [-0.39, 0.29) is 16.2 Å². The van der Waals surface area contributed by atoms with E-state index in [4.69, 9.17) is 9.47 Å². The van der Waals surface area contributed by atoms with Crippen LogP contribution in [-0.4, -0.2) is 19.3 Å². The van der Waals surface area contributed by atoms with Crippen molar-refractivity contribution in [2.24, 2.45) is 0 Å². The molecule has 2 unspecified atom stereocenters. The molecule has 0 spiro atoms. The lowest BCUT2D eigenvalue weighted by atomic mass is 9.93. The van der Waals surface area contributed by atoms with Gasteiger partial charge in [0.1, 0.15) is 11.6 Å². The largest absolute Gasteiger partial charge is 0.496 e. The maximum absolute atomic E-state index is 13.3. The molecule has 0 bridgehead atoms. The van der Waals surface area contributed by atoms with Crippen molar-refractivity contribution in [2.45, 2.75) is 30.2 Å². The smallest absolute Gasteiger partial charge is 0.123 e. The minimum absolute atomic E-state index is 0.0665. The molecule has 94 valence electrons. The number of hydrogen-bond donors (Lipinski definition) is 0. The van der Waals surface area contributed by atoms with Crippen molar-refractivity contribution in [3.63, 3.8) is 0 Å². The third-order valence-corrected chi connectivity index (χ3v) is 4.71. The molecule has 1 aromatic rings. The fourth-order valence-electron chi connectivity index (χ4n) is 2.23. The van der Waals surface area contributed by atoms with Crippen molar-refractivity contribution < 1.29 is 13.9 Å². The first-order valence-corrected chi connectivity index (χ1v) is 6.60. The van der Waals surface area contributed by atoms with Gasteiger partial charge >= 0.3 is 0 Å². The zero-order valence-electron chi connectivity index (χ0n) is 10.0. The number of benzene rings is 1. The third-order valence-electron chi connectivity index (χ3n) is 3.25. The fourth-order valence-corrected chi connectivity index (χ4v) is 2.95. The van der Waals surface area contributed by atoms with Crippen molar-refractivity contribution in [1.29, 1.82) is 0 Å². The van der Waals surface area contributed by atoms with Crippen LogP contribution in [0.1, 0.15) is 30.2 Å². The summed E-state index contributed by atoms with van der Waals surface area (Å²) in [5.41, 5.74) is 0.512. The minimum atomic E-state index is -0.291. The second-order valence-corrected chi connectivity index (χ2v) is 5.43. The van der Waals surface area contributed by atoms with Crippen molar-refractivity contribution in [2.75, 3.05) is 13.7 Å². The zero-order valence-corrected chi connectivity index (χ0v) is 11.6. The molecule has 2 rings (SSSR count). The SMILES string of the molecule is COc1ccc(F)cc1C(Br)C1(C)CCCO1. The number of alkyl halides is 1. The van der Waals surface area contributed by atoms with Crippen LogP contribution in [-0.2, 0) is 4.74 Å². The Labute approximate surface area is 109 Å². The standard InChI is InChI=1S/C13H16BrFO2/c1-13(6-3-7-17-13)12(14)10-8-9(15)4-5-11(10)16-2/h4-5,8,12H,3,6-7H2,1-2H3. The predicted octanol–water partition coefficient (Wildman–Crippen LogP) is 3.84. The van der Waals surface area contributed by atoms with Crippen LogP contribution in [0.5, 0.6) is 5.75 Å². The Kier molecular flexibility index (Phi) is 3.73. The summed E-state index contributed by atoms with van der Waals surface area (Å²) in [6.07, 6.45) is 2.00. The van der Waals surface area contributed by atoms with Crippen LogP contribution >= 0.6 is 15.9 Å². The first-order chi connectivity index (χ1) is 8.07. The molecule has 1 aliphatic heterocycles. The average Bonchev–Trinajstić information content (AvgIpc) is 2.76. The normalized spacial score (nSPS) is 25.9. The Hall–Kier alpha value is -0.610. The van der Waals surface area contributed by atoms with Crippen molar-refractivity contribution in [1.82, 2.24) is 0 Å². The van der Waals surface area contributed by atoms with E-state index in [2.05, 4.69) is 15.9 Å². The van der Waals surface area contributed by atoms with Gasteiger partial charge in [-0.2, -0.15) is 0 Å². The number of methoxy groups -OCH3 is 1. The third kappa shape index (κ3) is 2.47. The Morgan fingerprint density at radius 2 is 2.29 bits per heavy atom. The summed E-state index contributed by atoms with van der Waals surface area (Å²) in [6.45, 7) is 2.81. The quantitative estimate of drug-likeness (QED) is 0.790. The Morgan fingerprint density at radius 1 is 1.53 bits per heavy atom. The van der Waals surface area contributed by atoms with Gasteiger partial charge in [0.25, 0.3) is 0 Å². The summed E-state index contributed by atoms with van der Waals surface area (Å²) in [5, 5.41) is 0. The molecule has 0 saturated carbocycles. The van der Waals surface area contributed by atoms with Gasteiger partial charge in [0.15, 0.2) is 0 Å². The molecule has 2 nitrogen and oxygen atoms in total. The number of halogens is 2. The van der Waals surface area contributed by atoms with E-state index >= 15 is 0 Å². The highest BCUT2D eigenvalue weighted by Crippen LogP contribution is 2.45. The van der Waals surface area contributed by atoms with Gasteiger partial charge in [-0.3, -0.25) is 0 Å². The number of hydrogen-bond acceptors (Lipinski definition) is 2. The Bertz CT molecular complexity index is 402. The van der Waals surface area contributed by atoms with Crippen molar-refractivity contribution in [3.8, 4) is 5.75 Å². The molecule has 0 aromatic heterocycles. The predicted molar refractivity (Wildman–Crippen MR) is 68.2 cm³/mol. The first-order valence-electron chi connectivity index (χ1n) is 5.68. The molecule has 17 heavy (non-hydrogen) atoms. The van der Waals surface area contributed by atoms with Crippen molar-refractivity contribution >= 4 is 15.9 Å². The molecule has 0 N–H and O–H groups in total. The second-order valence-electron chi connectivity index (χ2n) is 4.51. The monoisotopic (exact) mass is 302 g/mol. The Balaban J connectivity index is 2.35. The summed E-state index contributed by atoms with van der Waals surface area (Å²) in [7, 11) is 1.59.